The quantitative estimate of drug-likeness (QED) is 0.530. The molecule has 0 aromatic rings. The van der Waals surface area contributed by atoms with Crippen molar-refractivity contribution in [2.45, 2.75) is 13.3 Å². The average molecular weight is 128 g/mol. The third-order valence-corrected chi connectivity index (χ3v) is 1.36. The minimum atomic E-state index is -0.492. The van der Waals surface area contributed by atoms with E-state index in [1.165, 1.54) is 12.2 Å². The molecule has 0 spiro atoms. The van der Waals surface area contributed by atoms with E-state index >= 15 is 0 Å². The van der Waals surface area contributed by atoms with Crippen LogP contribution in [0, 0.1) is 5.92 Å². The Morgan fingerprint density at radius 3 is 2.89 bits per heavy atom. The molecule has 0 amide bonds. The number of allylic oxidation sites excluding steroid dienone is 3. The zero-order chi connectivity index (χ0) is 6.85. The van der Waals surface area contributed by atoms with E-state index in [2.05, 4.69) is 0 Å². The van der Waals surface area contributed by atoms with E-state index in [1.54, 1.807) is 0 Å². The molecule has 0 aromatic carbocycles. The summed E-state index contributed by atoms with van der Waals surface area (Å²) in [7, 11) is 0. The molecule has 0 radical (unpaired) electrons. The fourth-order valence-corrected chi connectivity index (χ4v) is 0.811. The van der Waals surface area contributed by atoms with Crippen LogP contribution in [0.15, 0.2) is 23.7 Å². The number of aliphatic hydroxyl groups excluding tert-OH is 1. The van der Waals surface area contributed by atoms with Crippen LogP contribution >= 0.6 is 0 Å². The Morgan fingerprint density at radius 1 is 1.78 bits per heavy atom. The maximum absolute atomic E-state index is 12.3. The molecule has 9 heavy (non-hydrogen) atoms. The third kappa shape index (κ3) is 1.31. The second kappa shape index (κ2) is 2.21. The zero-order valence-corrected chi connectivity index (χ0v) is 5.26. The summed E-state index contributed by atoms with van der Waals surface area (Å²) < 4.78 is 12.3. The summed E-state index contributed by atoms with van der Waals surface area (Å²) in [5, 5.41) is 8.77. The van der Waals surface area contributed by atoms with Gasteiger partial charge in [-0.25, -0.2) is 4.39 Å². The molecule has 0 bridgehead atoms. The van der Waals surface area contributed by atoms with Gasteiger partial charge in [0.15, 0.2) is 5.83 Å². The predicted molar refractivity (Wildman–Crippen MR) is 33.7 cm³/mol. The van der Waals surface area contributed by atoms with Gasteiger partial charge in [0.05, 0.1) is 0 Å². The van der Waals surface area contributed by atoms with E-state index in [-0.39, 0.29) is 11.7 Å². The largest absolute Gasteiger partial charge is 0.505 e. The molecule has 1 aliphatic rings. The number of halogens is 1. The molecule has 0 aliphatic heterocycles. The first-order chi connectivity index (χ1) is 4.20. The Bertz CT molecular complexity index is 170. The summed E-state index contributed by atoms with van der Waals surface area (Å²) >= 11 is 0. The Labute approximate surface area is 53.5 Å². The number of rotatable bonds is 0. The standard InChI is InChI=1S/C7H9FO/c1-5-2-3-6(8)7(9)4-5/h3-5,9H,2H2,1H3. The molecule has 1 unspecified atom stereocenters. The van der Waals surface area contributed by atoms with Gasteiger partial charge >= 0.3 is 0 Å². The van der Waals surface area contributed by atoms with Crippen molar-refractivity contribution in [1.82, 2.24) is 0 Å². The van der Waals surface area contributed by atoms with Crippen molar-refractivity contribution >= 4 is 0 Å². The van der Waals surface area contributed by atoms with Gasteiger partial charge in [-0.2, -0.15) is 0 Å². The molecular weight excluding hydrogens is 119 g/mol. The van der Waals surface area contributed by atoms with Crippen molar-refractivity contribution in [1.29, 1.82) is 0 Å². The lowest BCUT2D eigenvalue weighted by Crippen LogP contribution is -1.97. The van der Waals surface area contributed by atoms with Gasteiger partial charge in [0.25, 0.3) is 0 Å². The fourth-order valence-electron chi connectivity index (χ4n) is 0.811. The fraction of sp³-hybridized carbons (Fsp3) is 0.429. The maximum atomic E-state index is 12.3. The van der Waals surface area contributed by atoms with Gasteiger partial charge < -0.3 is 5.11 Å². The van der Waals surface area contributed by atoms with Crippen molar-refractivity contribution < 1.29 is 9.50 Å². The number of hydrogen-bond acceptors (Lipinski definition) is 1. The van der Waals surface area contributed by atoms with Gasteiger partial charge in [-0.15, -0.1) is 0 Å². The molecule has 0 fully saturated rings. The lowest BCUT2D eigenvalue weighted by molar-refractivity contribution is 0.374. The Balaban J connectivity index is 2.75. The lowest BCUT2D eigenvalue weighted by Gasteiger charge is -2.08. The zero-order valence-electron chi connectivity index (χ0n) is 5.26. The maximum Gasteiger partial charge on any atom is 0.160 e. The van der Waals surface area contributed by atoms with Gasteiger partial charge in [-0.05, 0) is 24.5 Å². The number of aliphatic hydroxyl groups is 1. The Morgan fingerprint density at radius 2 is 2.44 bits per heavy atom. The van der Waals surface area contributed by atoms with E-state index in [1.807, 2.05) is 6.92 Å². The Kier molecular flexibility index (Phi) is 1.56. The van der Waals surface area contributed by atoms with Gasteiger partial charge in [-0.3, -0.25) is 0 Å². The highest BCUT2D eigenvalue weighted by atomic mass is 19.1. The highest BCUT2D eigenvalue weighted by Gasteiger charge is 2.09. The highest BCUT2D eigenvalue weighted by Crippen LogP contribution is 2.20. The monoisotopic (exact) mass is 128 g/mol. The molecule has 1 rings (SSSR count). The molecule has 0 saturated heterocycles. The van der Waals surface area contributed by atoms with Gasteiger partial charge in [-0.1, -0.05) is 6.92 Å². The normalized spacial score (nSPS) is 27.1. The molecule has 1 N–H and O–H groups in total. The smallest absolute Gasteiger partial charge is 0.160 e. The highest BCUT2D eigenvalue weighted by molar-refractivity contribution is 5.22. The van der Waals surface area contributed by atoms with Gasteiger partial charge in [0, 0.05) is 0 Å². The van der Waals surface area contributed by atoms with Crippen LogP contribution in [0.4, 0.5) is 4.39 Å². The van der Waals surface area contributed by atoms with Crippen LogP contribution in [-0.4, -0.2) is 5.11 Å². The van der Waals surface area contributed by atoms with Crippen LogP contribution in [0.5, 0.6) is 0 Å². The molecule has 1 atom stereocenters. The van der Waals surface area contributed by atoms with E-state index in [0.29, 0.717) is 6.42 Å². The number of hydrogen-bond donors (Lipinski definition) is 1. The van der Waals surface area contributed by atoms with E-state index in [0.717, 1.165) is 0 Å². The summed E-state index contributed by atoms with van der Waals surface area (Å²) in [5.74, 6) is -0.439. The molecule has 1 aliphatic carbocycles. The van der Waals surface area contributed by atoms with E-state index < -0.39 is 5.83 Å². The summed E-state index contributed by atoms with van der Waals surface area (Å²) in [6.45, 7) is 1.93. The minimum absolute atomic E-state index is 0.214. The van der Waals surface area contributed by atoms with E-state index in [4.69, 9.17) is 5.11 Å². The third-order valence-electron chi connectivity index (χ3n) is 1.36. The Hall–Kier alpha value is -0.790. The topological polar surface area (TPSA) is 20.2 Å². The molecule has 0 saturated carbocycles. The second-order valence-electron chi connectivity index (χ2n) is 2.32. The van der Waals surface area contributed by atoms with Crippen LogP contribution in [0.3, 0.4) is 0 Å². The predicted octanol–water partition coefficient (Wildman–Crippen LogP) is 2.32. The molecule has 50 valence electrons. The van der Waals surface area contributed by atoms with Crippen molar-refractivity contribution in [3.8, 4) is 0 Å². The summed E-state index contributed by atoms with van der Waals surface area (Å²) in [6.07, 6.45) is 3.62. The lowest BCUT2D eigenvalue weighted by atomic mass is 10.0. The molecule has 2 heteroatoms. The van der Waals surface area contributed by atoms with Crippen molar-refractivity contribution in [3.63, 3.8) is 0 Å². The minimum Gasteiger partial charge on any atom is -0.505 e. The molecule has 0 aromatic heterocycles. The van der Waals surface area contributed by atoms with Gasteiger partial charge in [0.1, 0.15) is 5.76 Å². The summed E-state index contributed by atoms with van der Waals surface area (Å²) in [5.41, 5.74) is 0. The molecular formula is C7H9FO. The van der Waals surface area contributed by atoms with E-state index in [9.17, 15) is 4.39 Å². The summed E-state index contributed by atoms with van der Waals surface area (Å²) in [4.78, 5) is 0. The van der Waals surface area contributed by atoms with Crippen LogP contribution in [0.2, 0.25) is 0 Å². The average Bonchev–Trinajstić information content (AvgIpc) is 1.80. The van der Waals surface area contributed by atoms with Crippen LogP contribution in [-0.2, 0) is 0 Å². The second-order valence-corrected chi connectivity index (χ2v) is 2.32. The van der Waals surface area contributed by atoms with Crippen LogP contribution in [0.1, 0.15) is 13.3 Å². The van der Waals surface area contributed by atoms with Crippen molar-refractivity contribution in [2.24, 2.45) is 5.92 Å². The van der Waals surface area contributed by atoms with Crippen LogP contribution in [0.25, 0.3) is 0 Å². The SMILES string of the molecule is CC1C=C(O)C(F)=CC1. The molecule has 0 heterocycles. The summed E-state index contributed by atoms with van der Waals surface area (Å²) in [6, 6.07) is 0. The van der Waals surface area contributed by atoms with Crippen molar-refractivity contribution in [2.75, 3.05) is 0 Å². The first-order valence-corrected chi connectivity index (χ1v) is 2.97. The molecule has 1 nitrogen and oxygen atoms in total. The first-order valence-electron chi connectivity index (χ1n) is 2.97. The van der Waals surface area contributed by atoms with Gasteiger partial charge in [0.2, 0.25) is 0 Å². The van der Waals surface area contributed by atoms with Crippen LogP contribution < -0.4 is 0 Å². The van der Waals surface area contributed by atoms with Crippen molar-refractivity contribution in [3.05, 3.63) is 23.7 Å². The first kappa shape index (κ1) is 6.33.